The van der Waals surface area contributed by atoms with Gasteiger partial charge in [0.2, 0.25) is 0 Å². The van der Waals surface area contributed by atoms with Gasteiger partial charge in [-0.3, -0.25) is 9.59 Å². The number of hydrogen-bond acceptors (Lipinski definition) is 8. The summed E-state index contributed by atoms with van der Waals surface area (Å²) in [6, 6.07) is 0. The standard InChI is InChI=1S/C29H55NO8/c1-6-8-10-12-14-16-18-20-27(32)38-25(23-36-26(31)19-17-15-13-11-9-7-2)24-37-29(28(33)34)35-22-21-30(3,4)5/h25,29H,6-24H2,1-5H3. The van der Waals surface area contributed by atoms with Gasteiger partial charge < -0.3 is 33.3 Å². The van der Waals surface area contributed by atoms with Crippen LogP contribution in [-0.2, 0) is 33.3 Å². The van der Waals surface area contributed by atoms with Crippen molar-refractivity contribution < 1.29 is 42.9 Å². The molecule has 0 aliphatic carbocycles. The first-order chi connectivity index (χ1) is 18.1. The highest BCUT2D eigenvalue weighted by Crippen LogP contribution is 2.11. The number of carboxylic acids is 1. The summed E-state index contributed by atoms with van der Waals surface area (Å²) in [7, 11) is 5.87. The molecule has 0 fully saturated rings. The fourth-order valence-corrected chi connectivity index (χ4v) is 3.71. The van der Waals surface area contributed by atoms with Gasteiger partial charge >= 0.3 is 11.9 Å². The molecule has 2 atom stereocenters. The molecule has 224 valence electrons. The van der Waals surface area contributed by atoms with E-state index in [1.165, 1.54) is 32.1 Å². The van der Waals surface area contributed by atoms with Crippen LogP contribution in [0.25, 0.3) is 0 Å². The fraction of sp³-hybridized carbons (Fsp3) is 0.897. The van der Waals surface area contributed by atoms with Gasteiger partial charge in [-0.05, 0) is 12.8 Å². The van der Waals surface area contributed by atoms with Gasteiger partial charge in [0, 0.05) is 12.8 Å². The van der Waals surface area contributed by atoms with Gasteiger partial charge in [-0.25, -0.2) is 0 Å². The number of nitrogens with zero attached hydrogens (tertiary/aromatic N) is 1. The number of likely N-dealkylation sites (N-methyl/N-ethyl adjacent to an activating group) is 1. The highest BCUT2D eigenvalue weighted by molar-refractivity contribution is 5.70. The number of hydrogen-bond donors (Lipinski definition) is 0. The van der Waals surface area contributed by atoms with Crippen molar-refractivity contribution in [2.45, 2.75) is 123 Å². The smallest absolute Gasteiger partial charge is 0.306 e. The van der Waals surface area contributed by atoms with E-state index in [4.69, 9.17) is 18.9 Å². The Kier molecular flexibility index (Phi) is 22.2. The Morgan fingerprint density at radius 2 is 1.18 bits per heavy atom. The van der Waals surface area contributed by atoms with Crippen molar-refractivity contribution in [1.29, 1.82) is 0 Å². The lowest BCUT2D eigenvalue weighted by atomic mass is 10.1. The maximum atomic E-state index is 12.4. The summed E-state index contributed by atoms with van der Waals surface area (Å²) in [6.07, 6.45) is 11.9. The average molecular weight is 546 g/mol. The van der Waals surface area contributed by atoms with Crippen LogP contribution in [-0.4, -0.2) is 82.3 Å². The quantitative estimate of drug-likeness (QED) is 0.0690. The number of carboxylic acid groups (broad SMARTS) is 1. The molecule has 0 aromatic rings. The van der Waals surface area contributed by atoms with Crippen LogP contribution in [0.3, 0.4) is 0 Å². The van der Waals surface area contributed by atoms with Crippen molar-refractivity contribution >= 4 is 17.9 Å². The molecule has 0 N–H and O–H groups in total. The maximum absolute atomic E-state index is 12.4. The summed E-state index contributed by atoms with van der Waals surface area (Å²) in [5.74, 6) is -2.31. The van der Waals surface area contributed by atoms with Crippen LogP contribution in [0.15, 0.2) is 0 Å². The Labute approximate surface area is 231 Å². The Balaban J connectivity index is 4.69. The molecule has 0 rings (SSSR count). The molecule has 0 saturated heterocycles. The number of unbranched alkanes of at least 4 members (excludes halogenated alkanes) is 11. The second kappa shape index (κ2) is 23.2. The van der Waals surface area contributed by atoms with Crippen LogP contribution < -0.4 is 5.11 Å². The molecule has 9 heteroatoms. The summed E-state index contributed by atoms with van der Waals surface area (Å²) in [4.78, 5) is 36.1. The minimum Gasteiger partial charge on any atom is -0.545 e. The second-order valence-electron chi connectivity index (χ2n) is 11.1. The molecule has 0 aliphatic heterocycles. The first-order valence-corrected chi connectivity index (χ1v) is 14.7. The van der Waals surface area contributed by atoms with E-state index >= 15 is 0 Å². The molecular weight excluding hydrogens is 490 g/mol. The molecule has 38 heavy (non-hydrogen) atoms. The summed E-state index contributed by atoms with van der Waals surface area (Å²) in [5.41, 5.74) is 0. The minimum absolute atomic E-state index is 0.151. The van der Waals surface area contributed by atoms with Crippen molar-refractivity contribution in [3.05, 3.63) is 0 Å². The van der Waals surface area contributed by atoms with E-state index in [1.807, 2.05) is 21.1 Å². The zero-order valence-corrected chi connectivity index (χ0v) is 24.8. The first-order valence-electron chi connectivity index (χ1n) is 14.7. The zero-order valence-electron chi connectivity index (χ0n) is 24.8. The van der Waals surface area contributed by atoms with Gasteiger partial charge in [0.25, 0.3) is 0 Å². The molecule has 2 unspecified atom stereocenters. The molecule has 0 bridgehead atoms. The molecule has 0 amide bonds. The van der Waals surface area contributed by atoms with E-state index in [9.17, 15) is 19.5 Å². The molecule has 0 saturated carbocycles. The largest absolute Gasteiger partial charge is 0.545 e. The molecule has 0 spiro atoms. The summed E-state index contributed by atoms with van der Waals surface area (Å²) >= 11 is 0. The van der Waals surface area contributed by atoms with Crippen molar-refractivity contribution in [3.63, 3.8) is 0 Å². The molecule has 0 radical (unpaired) electrons. The van der Waals surface area contributed by atoms with E-state index in [2.05, 4.69) is 13.8 Å². The Bertz CT molecular complexity index is 620. The van der Waals surface area contributed by atoms with E-state index in [-0.39, 0.29) is 32.2 Å². The average Bonchev–Trinajstić information content (AvgIpc) is 2.84. The third kappa shape index (κ3) is 23.4. The van der Waals surface area contributed by atoms with Crippen molar-refractivity contribution in [2.75, 3.05) is 47.5 Å². The molecule has 9 nitrogen and oxygen atoms in total. The Morgan fingerprint density at radius 1 is 0.684 bits per heavy atom. The first kappa shape index (κ1) is 36.3. The van der Waals surface area contributed by atoms with Crippen molar-refractivity contribution in [3.8, 4) is 0 Å². The number of quaternary nitrogens is 1. The van der Waals surface area contributed by atoms with Gasteiger partial charge in [-0.15, -0.1) is 0 Å². The SMILES string of the molecule is CCCCCCCCCC(=O)OC(COC(=O)CCCCCCCC)COC(OCC[N+](C)(C)C)C(=O)[O-]. The van der Waals surface area contributed by atoms with Crippen molar-refractivity contribution in [1.82, 2.24) is 0 Å². The van der Waals surface area contributed by atoms with Crippen LogP contribution in [0.2, 0.25) is 0 Å². The lowest BCUT2D eigenvalue weighted by molar-refractivity contribution is -0.870. The number of carbonyl (C=O) groups excluding carboxylic acids is 3. The van der Waals surface area contributed by atoms with Crippen molar-refractivity contribution in [2.24, 2.45) is 0 Å². The Hall–Kier alpha value is -1.71. The lowest BCUT2D eigenvalue weighted by Crippen LogP contribution is -2.44. The van der Waals surface area contributed by atoms with E-state index in [0.29, 0.717) is 23.9 Å². The van der Waals surface area contributed by atoms with Gasteiger partial charge in [0.1, 0.15) is 13.2 Å². The number of rotatable bonds is 26. The minimum atomic E-state index is -1.61. The molecule has 0 heterocycles. The van der Waals surface area contributed by atoms with Gasteiger partial charge in [0.05, 0.1) is 40.3 Å². The van der Waals surface area contributed by atoms with Crippen LogP contribution in [0.5, 0.6) is 0 Å². The van der Waals surface area contributed by atoms with Gasteiger partial charge in [-0.2, -0.15) is 0 Å². The zero-order chi connectivity index (χ0) is 28.7. The maximum Gasteiger partial charge on any atom is 0.306 e. The molecular formula is C29H55NO8. The molecule has 0 aromatic heterocycles. The van der Waals surface area contributed by atoms with Gasteiger partial charge in [-0.1, -0.05) is 84.5 Å². The van der Waals surface area contributed by atoms with E-state index < -0.39 is 24.3 Å². The molecule has 0 aliphatic rings. The summed E-state index contributed by atoms with van der Waals surface area (Å²) in [5, 5.41) is 11.5. The predicted octanol–water partition coefficient (Wildman–Crippen LogP) is 4.15. The monoisotopic (exact) mass is 545 g/mol. The lowest BCUT2D eigenvalue weighted by Gasteiger charge is -2.26. The van der Waals surface area contributed by atoms with Crippen LogP contribution in [0, 0.1) is 0 Å². The number of ether oxygens (including phenoxy) is 4. The van der Waals surface area contributed by atoms with E-state index in [1.54, 1.807) is 0 Å². The second-order valence-corrected chi connectivity index (χ2v) is 11.1. The normalized spacial score (nSPS) is 13.2. The van der Waals surface area contributed by atoms with E-state index in [0.717, 1.165) is 44.9 Å². The highest BCUT2D eigenvalue weighted by Gasteiger charge is 2.21. The van der Waals surface area contributed by atoms with Gasteiger partial charge in [0.15, 0.2) is 12.4 Å². The summed E-state index contributed by atoms with van der Waals surface area (Å²) in [6.45, 7) is 4.57. The predicted molar refractivity (Wildman–Crippen MR) is 145 cm³/mol. The number of esters is 2. The fourth-order valence-electron chi connectivity index (χ4n) is 3.71. The number of aliphatic carboxylic acids is 1. The Morgan fingerprint density at radius 3 is 1.68 bits per heavy atom. The third-order valence-corrected chi connectivity index (χ3v) is 6.10. The summed E-state index contributed by atoms with van der Waals surface area (Å²) < 4.78 is 22.1. The van der Waals surface area contributed by atoms with Crippen LogP contribution in [0.1, 0.15) is 110 Å². The number of carbonyl (C=O) groups is 3. The van der Waals surface area contributed by atoms with Crippen LogP contribution >= 0.6 is 0 Å². The highest BCUT2D eigenvalue weighted by atomic mass is 16.7. The third-order valence-electron chi connectivity index (χ3n) is 6.10. The molecule has 0 aromatic carbocycles. The topological polar surface area (TPSA) is 111 Å². The van der Waals surface area contributed by atoms with Crippen LogP contribution in [0.4, 0.5) is 0 Å².